The molecule has 114 valence electrons. The molecule has 0 saturated heterocycles. The molecule has 1 rings (SSSR count). The molecule has 5 nitrogen and oxygen atoms in total. The van der Waals surface area contributed by atoms with Gasteiger partial charge in [0, 0.05) is 18.7 Å². The molecular weight excluding hydrogens is 268 g/mol. The summed E-state index contributed by atoms with van der Waals surface area (Å²) in [5, 5.41) is 5.36. The van der Waals surface area contributed by atoms with E-state index < -0.39 is 11.7 Å². The first-order chi connectivity index (χ1) is 9.81. The molecule has 0 aliphatic heterocycles. The van der Waals surface area contributed by atoms with Crippen LogP contribution in [0.3, 0.4) is 0 Å². The minimum atomic E-state index is -0.517. The molecule has 0 aliphatic rings. The number of hydrogen-bond donors (Lipinski definition) is 2. The van der Waals surface area contributed by atoms with Crippen LogP contribution in [0, 0.1) is 0 Å². The summed E-state index contributed by atoms with van der Waals surface area (Å²) in [5.74, 6) is -0.151. The highest BCUT2D eigenvalue weighted by Gasteiger charge is 2.15. The summed E-state index contributed by atoms with van der Waals surface area (Å²) in [6.07, 6.45) is 1.16. The number of nitrogens with one attached hydrogen (secondary N) is 2. The van der Waals surface area contributed by atoms with Crippen molar-refractivity contribution in [2.24, 2.45) is 0 Å². The fraction of sp³-hybridized carbons (Fsp3) is 0.375. The summed E-state index contributed by atoms with van der Waals surface area (Å²) in [4.78, 5) is 23.2. The molecule has 0 heterocycles. The van der Waals surface area contributed by atoms with E-state index in [4.69, 9.17) is 4.74 Å². The van der Waals surface area contributed by atoms with E-state index in [0.717, 1.165) is 5.56 Å². The summed E-state index contributed by atoms with van der Waals surface area (Å²) in [6, 6.07) is 7.01. The van der Waals surface area contributed by atoms with Gasteiger partial charge in [0.15, 0.2) is 0 Å². The van der Waals surface area contributed by atoms with Gasteiger partial charge in [0.25, 0.3) is 5.91 Å². The number of ether oxygens (including phenoxy) is 1. The predicted octanol–water partition coefficient (Wildman–Crippen LogP) is 2.63. The van der Waals surface area contributed by atoms with Crippen molar-refractivity contribution in [2.45, 2.75) is 32.9 Å². The number of carbonyl (C=O) groups excluding carboxylic acids is 2. The smallest absolute Gasteiger partial charge is 0.407 e. The Kier molecular flexibility index (Phi) is 5.96. The van der Waals surface area contributed by atoms with Crippen molar-refractivity contribution in [1.82, 2.24) is 10.6 Å². The third kappa shape index (κ3) is 6.61. The minimum Gasteiger partial charge on any atom is -0.444 e. The van der Waals surface area contributed by atoms with Crippen molar-refractivity contribution in [3.8, 4) is 0 Å². The number of carbonyl (C=O) groups is 2. The van der Waals surface area contributed by atoms with Gasteiger partial charge in [-0.15, -0.1) is 6.58 Å². The van der Waals surface area contributed by atoms with E-state index in [1.165, 1.54) is 0 Å². The Labute approximate surface area is 125 Å². The van der Waals surface area contributed by atoms with Crippen LogP contribution in [0.5, 0.6) is 0 Å². The van der Waals surface area contributed by atoms with Gasteiger partial charge < -0.3 is 15.4 Å². The Morgan fingerprint density at radius 3 is 2.33 bits per heavy atom. The molecule has 0 aromatic heterocycles. The summed E-state index contributed by atoms with van der Waals surface area (Å²) >= 11 is 0. The van der Waals surface area contributed by atoms with Gasteiger partial charge in [0.05, 0.1) is 0 Å². The number of alkyl carbamates (subject to hydrolysis) is 1. The largest absolute Gasteiger partial charge is 0.444 e. The number of amides is 2. The Balaban J connectivity index is 2.49. The van der Waals surface area contributed by atoms with Crippen LogP contribution < -0.4 is 10.6 Å². The molecule has 0 saturated carbocycles. The van der Waals surface area contributed by atoms with Gasteiger partial charge in [-0.1, -0.05) is 18.2 Å². The Bertz CT molecular complexity index is 501. The first-order valence-electron chi connectivity index (χ1n) is 6.77. The normalized spacial score (nSPS) is 10.6. The van der Waals surface area contributed by atoms with Gasteiger partial charge in [-0.3, -0.25) is 4.79 Å². The zero-order chi connectivity index (χ0) is 15.9. The lowest BCUT2D eigenvalue weighted by atomic mass is 10.1. The van der Waals surface area contributed by atoms with E-state index in [-0.39, 0.29) is 5.91 Å². The fourth-order valence-corrected chi connectivity index (χ4v) is 1.53. The van der Waals surface area contributed by atoms with Crippen molar-refractivity contribution in [2.75, 3.05) is 6.54 Å². The molecule has 1 aromatic carbocycles. The van der Waals surface area contributed by atoms with Crippen molar-refractivity contribution in [1.29, 1.82) is 0 Å². The molecule has 0 fully saturated rings. The Hall–Kier alpha value is -2.30. The lowest BCUT2D eigenvalue weighted by Crippen LogP contribution is -2.32. The number of hydrogen-bond acceptors (Lipinski definition) is 3. The van der Waals surface area contributed by atoms with Gasteiger partial charge in [-0.2, -0.15) is 0 Å². The van der Waals surface area contributed by atoms with Gasteiger partial charge >= 0.3 is 6.09 Å². The van der Waals surface area contributed by atoms with Crippen LogP contribution in [-0.4, -0.2) is 24.1 Å². The molecule has 5 heteroatoms. The summed E-state index contributed by atoms with van der Waals surface area (Å²) in [6.45, 7) is 9.75. The van der Waals surface area contributed by atoms with E-state index in [2.05, 4.69) is 17.2 Å². The highest BCUT2D eigenvalue weighted by Crippen LogP contribution is 2.08. The van der Waals surface area contributed by atoms with Crippen molar-refractivity contribution in [3.63, 3.8) is 0 Å². The lowest BCUT2D eigenvalue weighted by molar-refractivity contribution is 0.0523. The van der Waals surface area contributed by atoms with E-state index in [1.54, 1.807) is 30.3 Å². The molecule has 21 heavy (non-hydrogen) atoms. The number of rotatable bonds is 5. The van der Waals surface area contributed by atoms with Crippen molar-refractivity contribution < 1.29 is 14.3 Å². The first-order valence-corrected chi connectivity index (χ1v) is 6.77. The molecule has 0 atom stereocenters. The van der Waals surface area contributed by atoms with Crippen molar-refractivity contribution in [3.05, 3.63) is 48.0 Å². The third-order valence-corrected chi connectivity index (χ3v) is 2.46. The highest BCUT2D eigenvalue weighted by atomic mass is 16.6. The summed E-state index contributed by atoms with van der Waals surface area (Å²) in [5.41, 5.74) is 0.941. The highest BCUT2D eigenvalue weighted by molar-refractivity contribution is 5.94. The maximum atomic E-state index is 11.7. The van der Waals surface area contributed by atoms with Crippen LogP contribution in [0.1, 0.15) is 36.7 Å². The average Bonchev–Trinajstić information content (AvgIpc) is 2.41. The summed E-state index contributed by atoms with van der Waals surface area (Å²) in [7, 11) is 0. The second kappa shape index (κ2) is 7.47. The summed E-state index contributed by atoms with van der Waals surface area (Å²) < 4.78 is 5.14. The average molecular weight is 290 g/mol. The Morgan fingerprint density at radius 2 is 1.81 bits per heavy atom. The fourth-order valence-electron chi connectivity index (χ4n) is 1.53. The van der Waals surface area contributed by atoms with Gasteiger partial charge in [0.1, 0.15) is 5.60 Å². The molecule has 1 aromatic rings. The molecular formula is C16H22N2O3. The topological polar surface area (TPSA) is 67.4 Å². The van der Waals surface area contributed by atoms with Crippen LogP contribution in [0.2, 0.25) is 0 Å². The van der Waals surface area contributed by atoms with E-state index >= 15 is 0 Å². The first kappa shape index (κ1) is 16.8. The molecule has 2 amide bonds. The van der Waals surface area contributed by atoms with Crippen LogP contribution in [0.25, 0.3) is 0 Å². The van der Waals surface area contributed by atoms with E-state index in [0.29, 0.717) is 18.7 Å². The van der Waals surface area contributed by atoms with Gasteiger partial charge in [-0.05, 0) is 38.5 Å². The molecule has 0 unspecified atom stereocenters. The molecule has 2 N–H and O–H groups in total. The van der Waals surface area contributed by atoms with Crippen LogP contribution >= 0.6 is 0 Å². The second-order valence-electron chi connectivity index (χ2n) is 5.55. The maximum Gasteiger partial charge on any atom is 0.407 e. The van der Waals surface area contributed by atoms with E-state index in [9.17, 15) is 9.59 Å². The van der Waals surface area contributed by atoms with Crippen LogP contribution in [0.4, 0.5) is 4.79 Å². The third-order valence-electron chi connectivity index (χ3n) is 2.46. The zero-order valence-corrected chi connectivity index (χ0v) is 12.7. The lowest BCUT2D eigenvalue weighted by Gasteiger charge is -2.19. The predicted molar refractivity (Wildman–Crippen MR) is 82.0 cm³/mol. The second-order valence-corrected chi connectivity index (χ2v) is 5.55. The van der Waals surface area contributed by atoms with Gasteiger partial charge in [0.2, 0.25) is 0 Å². The molecule has 0 bridgehead atoms. The zero-order valence-electron chi connectivity index (χ0n) is 12.7. The van der Waals surface area contributed by atoms with Crippen LogP contribution in [0.15, 0.2) is 36.9 Å². The minimum absolute atomic E-state index is 0.151. The quantitative estimate of drug-likeness (QED) is 0.819. The Morgan fingerprint density at radius 1 is 1.19 bits per heavy atom. The maximum absolute atomic E-state index is 11.7. The van der Waals surface area contributed by atoms with E-state index in [1.807, 2.05) is 20.8 Å². The molecule has 0 aliphatic carbocycles. The number of benzene rings is 1. The molecule has 0 radical (unpaired) electrons. The standard InChI is InChI=1S/C16H22N2O3/c1-5-10-17-14(19)13-8-6-12(7-9-13)11-18-15(20)21-16(2,3)4/h5-9H,1,10-11H2,2-4H3,(H,17,19)(H,18,20). The monoisotopic (exact) mass is 290 g/mol. The van der Waals surface area contributed by atoms with Crippen molar-refractivity contribution >= 4 is 12.0 Å². The molecule has 0 spiro atoms. The SMILES string of the molecule is C=CCNC(=O)c1ccc(CNC(=O)OC(C)(C)C)cc1. The van der Waals surface area contributed by atoms with Crippen LogP contribution in [-0.2, 0) is 11.3 Å². The van der Waals surface area contributed by atoms with Gasteiger partial charge in [-0.25, -0.2) is 4.79 Å².